The van der Waals surface area contributed by atoms with E-state index in [4.69, 9.17) is 0 Å². The van der Waals surface area contributed by atoms with Crippen molar-refractivity contribution >= 4 is 5.82 Å². The van der Waals surface area contributed by atoms with Crippen LogP contribution in [0.25, 0.3) is 0 Å². The number of hydrogen-bond donors (Lipinski definition) is 0. The molecule has 2 rings (SSSR count). The lowest BCUT2D eigenvalue weighted by atomic mass is 10.3. The fourth-order valence-electron chi connectivity index (χ4n) is 1.36. The van der Waals surface area contributed by atoms with Crippen molar-refractivity contribution in [3.8, 4) is 0 Å². The van der Waals surface area contributed by atoms with E-state index < -0.39 is 0 Å². The van der Waals surface area contributed by atoms with Crippen LogP contribution in [-0.2, 0) is 0 Å². The topological polar surface area (TPSA) is 16.1 Å². The molecule has 1 aliphatic rings. The van der Waals surface area contributed by atoms with Crippen LogP contribution in [0.4, 0.5) is 5.82 Å². The molecule has 2 heteroatoms. The van der Waals surface area contributed by atoms with Gasteiger partial charge in [0, 0.05) is 19.3 Å². The van der Waals surface area contributed by atoms with Crippen molar-refractivity contribution in [1.29, 1.82) is 0 Å². The molecule has 12 heavy (non-hydrogen) atoms. The van der Waals surface area contributed by atoms with Crippen LogP contribution in [0, 0.1) is 6.92 Å². The Hall–Kier alpha value is -1.05. The Morgan fingerprint density at radius 1 is 1.50 bits per heavy atom. The zero-order valence-electron chi connectivity index (χ0n) is 7.62. The first-order chi connectivity index (χ1) is 5.77. The van der Waals surface area contributed by atoms with Gasteiger partial charge in [0.2, 0.25) is 0 Å². The number of aromatic nitrogens is 1. The van der Waals surface area contributed by atoms with Crippen LogP contribution in [0.5, 0.6) is 0 Å². The predicted octanol–water partition coefficient (Wildman–Crippen LogP) is 1.99. The fourth-order valence-corrected chi connectivity index (χ4v) is 1.36. The van der Waals surface area contributed by atoms with E-state index in [0.29, 0.717) is 0 Å². The summed E-state index contributed by atoms with van der Waals surface area (Å²) in [6, 6.07) is 4.92. The third-order valence-electron chi connectivity index (χ3n) is 2.36. The van der Waals surface area contributed by atoms with Crippen molar-refractivity contribution in [2.45, 2.75) is 25.8 Å². The smallest absolute Gasteiger partial charge is 0.128 e. The summed E-state index contributed by atoms with van der Waals surface area (Å²) in [5, 5.41) is 0. The molecule has 0 N–H and O–H groups in total. The molecule has 1 fully saturated rings. The van der Waals surface area contributed by atoms with Crippen LogP contribution < -0.4 is 4.90 Å². The lowest BCUT2D eigenvalue weighted by molar-refractivity contribution is 0.890. The maximum Gasteiger partial charge on any atom is 0.128 e. The van der Waals surface area contributed by atoms with Gasteiger partial charge in [-0.15, -0.1) is 0 Å². The summed E-state index contributed by atoms with van der Waals surface area (Å²) >= 11 is 0. The average Bonchev–Trinajstić information content (AvgIpc) is 2.85. The van der Waals surface area contributed by atoms with E-state index in [1.54, 1.807) is 0 Å². The second-order valence-corrected chi connectivity index (χ2v) is 3.53. The van der Waals surface area contributed by atoms with Crippen molar-refractivity contribution < 1.29 is 0 Å². The van der Waals surface area contributed by atoms with Gasteiger partial charge in [-0.05, 0) is 37.5 Å². The SMILES string of the molecule is Cc1ccnc(N(C)C2CC2)c1. The van der Waals surface area contributed by atoms with E-state index in [1.165, 1.54) is 18.4 Å². The van der Waals surface area contributed by atoms with Crippen molar-refractivity contribution in [3.63, 3.8) is 0 Å². The van der Waals surface area contributed by atoms with Crippen molar-refractivity contribution in [2.24, 2.45) is 0 Å². The van der Waals surface area contributed by atoms with E-state index in [-0.39, 0.29) is 0 Å². The van der Waals surface area contributed by atoms with E-state index in [2.05, 4.69) is 29.9 Å². The van der Waals surface area contributed by atoms with Crippen LogP contribution >= 0.6 is 0 Å². The number of nitrogens with zero attached hydrogens (tertiary/aromatic N) is 2. The molecule has 0 unspecified atom stereocenters. The number of hydrogen-bond acceptors (Lipinski definition) is 2. The van der Waals surface area contributed by atoms with Crippen LogP contribution in [0.15, 0.2) is 18.3 Å². The largest absolute Gasteiger partial charge is 0.357 e. The Morgan fingerprint density at radius 2 is 2.25 bits per heavy atom. The second-order valence-electron chi connectivity index (χ2n) is 3.53. The van der Waals surface area contributed by atoms with Crippen molar-refractivity contribution in [1.82, 2.24) is 4.98 Å². The molecule has 2 nitrogen and oxygen atoms in total. The molecular formula is C10H14N2. The molecule has 0 atom stereocenters. The van der Waals surface area contributed by atoms with Gasteiger partial charge < -0.3 is 4.90 Å². The van der Waals surface area contributed by atoms with Gasteiger partial charge in [0.1, 0.15) is 5.82 Å². The molecule has 1 saturated carbocycles. The van der Waals surface area contributed by atoms with Gasteiger partial charge in [-0.25, -0.2) is 4.98 Å². The average molecular weight is 162 g/mol. The minimum Gasteiger partial charge on any atom is -0.357 e. The molecule has 0 amide bonds. The lowest BCUT2D eigenvalue weighted by Crippen LogP contribution is -2.20. The van der Waals surface area contributed by atoms with Crippen molar-refractivity contribution in [2.75, 3.05) is 11.9 Å². The number of pyridine rings is 1. The van der Waals surface area contributed by atoms with E-state index in [9.17, 15) is 0 Å². The van der Waals surface area contributed by atoms with E-state index in [0.717, 1.165) is 11.9 Å². The molecule has 0 aromatic carbocycles. The standard InChI is InChI=1S/C10H14N2/c1-8-5-6-11-10(7-8)12(2)9-3-4-9/h5-7,9H,3-4H2,1-2H3. The maximum atomic E-state index is 4.33. The highest BCUT2D eigenvalue weighted by Crippen LogP contribution is 2.28. The normalized spacial score (nSPS) is 16.2. The third kappa shape index (κ3) is 1.42. The van der Waals surface area contributed by atoms with Gasteiger partial charge in [-0.3, -0.25) is 0 Å². The van der Waals surface area contributed by atoms with Gasteiger partial charge in [0.05, 0.1) is 0 Å². The highest BCUT2D eigenvalue weighted by atomic mass is 15.2. The molecular weight excluding hydrogens is 148 g/mol. The third-order valence-corrected chi connectivity index (χ3v) is 2.36. The summed E-state index contributed by atoms with van der Waals surface area (Å²) in [4.78, 5) is 6.60. The second kappa shape index (κ2) is 2.77. The van der Waals surface area contributed by atoms with Crippen LogP contribution in [0.1, 0.15) is 18.4 Å². The minimum atomic E-state index is 0.749. The Balaban J connectivity index is 2.20. The van der Waals surface area contributed by atoms with Gasteiger partial charge in [-0.1, -0.05) is 0 Å². The highest BCUT2D eigenvalue weighted by Gasteiger charge is 2.26. The number of aryl methyl sites for hydroxylation is 1. The van der Waals surface area contributed by atoms with E-state index in [1.807, 2.05) is 12.3 Å². The summed E-state index contributed by atoms with van der Waals surface area (Å²) in [6.45, 7) is 2.10. The molecule has 1 aromatic heterocycles. The molecule has 0 radical (unpaired) electrons. The summed E-state index contributed by atoms with van der Waals surface area (Å²) < 4.78 is 0. The van der Waals surface area contributed by atoms with Gasteiger partial charge in [0.15, 0.2) is 0 Å². The van der Waals surface area contributed by atoms with Gasteiger partial charge >= 0.3 is 0 Å². The summed E-state index contributed by atoms with van der Waals surface area (Å²) in [5.74, 6) is 1.11. The maximum absolute atomic E-state index is 4.33. The van der Waals surface area contributed by atoms with Crippen LogP contribution in [-0.4, -0.2) is 18.1 Å². The molecule has 0 spiro atoms. The van der Waals surface area contributed by atoms with E-state index >= 15 is 0 Å². The lowest BCUT2D eigenvalue weighted by Gasteiger charge is -2.17. The Bertz CT molecular complexity index is 279. The fraction of sp³-hybridized carbons (Fsp3) is 0.500. The van der Waals surface area contributed by atoms with Crippen LogP contribution in [0.2, 0.25) is 0 Å². The number of rotatable bonds is 2. The van der Waals surface area contributed by atoms with Gasteiger partial charge in [-0.2, -0.15) is 0 Å². The Labute approximate surface area is 73.2 Å². The molecule has 64 valence electrons. The first-order valence-electron chi connectivity index (χ1n) is 4.43. The monoisotopic (exact) mass is 162 g/mol. The molecule has 0 saturated heterocycles. The van der Waals surface area contributed by atoms with Crippen molar-refractivity contribution in [3.05, 3.63) is 23.9 Å². The Kier molecular flexibility index (Phi) is 1.75. The summed E-state index contributed by atoms with van der Waals surface area (Å²) in [6.07, 6.45) is 4.53. The molecule has 0 bridgehead atoms. The van der Waals surface area contributed by atoms with Crippen LogP contribution in [0.3, 0.4) is 0 Å². The minimum absolute atomic E-state index is 0.749. The first kappa shape index (κ1) is 7.59. The summed E-state index contributed by atoms with van der Waals surface area (Å²) in [7, 11) is 2.12. The highest BCUT2D eigenvalue weighted by molar-refractivity contribution is 5.42. The molecule has 1 aliphatic carbocycles. The zero-order valence-corrected chi connectivity index (χ0v) is 7.62. The number of anilines is 1. The molecule has 1 aromatic rings. The first-order valence-corrected chi connectivity index (χ1v) is 4.43. The zero-order chi connectivity index (χ0) is 8.55. The molecule has 1 heterocycles. The molecule has 0 aliphatic heterocycles. The summed E-state index contributed by atoms with van der Waals surface area (Å²) in [5.41, 5.74) is 1.28. The quantitative estimate of drug-likeness (QED) is 0.661. The Morgan fingerprint density at radius 3 is 2.83 bits per heavy atom. The van der Waals surface area contributed by atoms with Gasteiger partial charge in [0.25, 0.3) is 0 Å². The predicted molar refractivity (Wildman–Crippen MR) is 50.4 cm³/mol.